The molecule has 0 saturated carbocycles. The van der Waals surface area contributed by atoms with Gasteiger partial charge in [0.05, 0.1) is 4.88 Å². The van der Waals surface area contributed by atoms with E-state index in [4.69, 9.17) is 0 Å². The predicted octanol–water partition coefficient (Wildman–Crippen LogP) is 2.40. The molecule has 0 spiro atoms. The number of carbonyl (C=O) groups excluding carboxylic acids is 2. The van der Waals surface area contributed by atoms with Crippen molar-refractivity contribution >= 4 is 28.8 Å². The second-order valence-corrected chi connectivity index (χ2v) is 7.03. The summed E-state index contributed by atoms with van der Waals surface area (Å²) in [4.78, 5) is 25.4. The lowest BCUT2D eigenvalue weighted by Crippen LogP contribution is -2.87. The van der Waals surface area contributed by atoms with Crippen LogP contribution in [0.5, 0.6) is 0 Å². The molecular weight excluding hydrogens is 358 g/mol. The average Bonchev–Trinajstić information content (AvgIpc) is 3.23. The zero-order valence-corrected chi connectivity index (χ0v) is 15.8. The standard InChI is InChI=1S/C21H21N3O2S/c1-22-21(26)16-9-5-10-17(13-16)24-19(25)14-23-20(18-11-6-12-27-18)15-7-3-2-4-8-15/h2-13,20,23H,14H2,1H3,(H,22,26)(H,24,25)/p+1/t20-/m0/s1. The summed E-state index contributed by atoms with van der Waals surface area (Å²) in [6, 6.07) is 21.3. The fourth-order valence-corrected chi connectivity index (χ4v) is 3.71. The Morgan fingerprint density at radius 1 is 1.04 bits per heavy atom. The molecule has 0 bridgehead atoms. The first-order valence-corrected chi connectivity index (χ1v) is 9.59. The van der Waals surface area contributed by atoms with E-state index >= 15 is 0 Å². The molecule has 6 heteroatoms. The van der Waals surface area contributed by atoms with E-state index in [9.17, 15) is 9.59 Å². The van der Waals surface area contributed by atoms with Gasteiger partial charge in [0.2, 0.25) is 0 Å². The first kappa shape index (κ1) is 18.8. The molecule has 0 fully saturated rings. The minimum atomic E-state index is -0.181. The number of thiophene rings is 1. The van der Waals surface area contributed by atoms with Gasteiger partial charge in [0.1, 0.15) is 6.04 Å². The normalized spacial score (nSPS) is 11.6. The maximum Gasteiger partial charge on any atom is 0.279 e. The Balaban J connectivity index is 1.66. The molecule has 1 aromatic heterocycles. The van der Waals surface area contributed by atoms with Crippen LogP contribution in [0.3, 0.4) is 0 Å². The van der Waals surface area contributed by atoms with Gasteiger partial charge in [0, 0.05) is 23.9 Å². The number of carbonyl (C=O) groups is 2. The molecule has 0 aliphatic rings. The minimum Gasteiger partial charge on any atom is -0.355 e. The molecule has 0 radical (unpaired) electrons. The monoisotopic (exact) mass is 380 g/mol. The highest BCUT2D eigenvalue weighted by Gasteiger charge is 2.19. The second-order valence-electron chi connectivity index (χ2n) is 6.05. The third kappa shape index (κ3) is 5.03. The number of anilines is 1. The quantitative estimate of drug-likeness (QED) is 0.589. The molecule has 0 unspecified atom stereocenters. The molecule has 3 rings (SSSR count). The van der Waals surface area contributed by atoms with Crippen LogP contribution >= 0.6 is 11.3 Å². The minimum absolute atomic E-state index is 0.0779. The number of nitrogens with one attached hydrogen (secondary N) is 2. The summed E-state index contributed by atoms with van der Waals surface area (Å²) in [5.74, 6) is -0.291. The molecule has 2 aromatic carbocycles. The van der Waals surface area contributed by atoms with Crippen LogP contribution in [0.4, 0.5) is 5.69 Å². The van der Waals surface area contributed by atoms with Crippen molar-refractivity contribution in [1.82, 2.24) is 5.32 Å². The zero-order valence-electron chi connectivity index (χ0n) is 15.0. The third-order valence-corrected chi connectivity index (χ3v) is 5.14. The Morgan fingerprint density at radius 3 is 2.56 bits per heavy atom. The number of hydrogen-bond donors (Lipinski definition) is 3. The zero-order chi connectivity index (χ0) is 19.1. The van der Waals surface area contributed by atoms with Gasteiger partial charge in [-0.1, -0.05) is 42.5 Å². The Hall–Kier alpha value is -2.96. The summed E-state index contributed by atoms with van der Waals surface area (Å²) in [6.07, 6.45) is 0. The summed E-state index contributed by atoms with van der Waals surface area (Å²) in [6.45, 7) is 0.279. The second kappa shape index (κ2) is 9.12. The first-order chi connectivity index (χ1) is 13.2. The molecular formula is C21H22N3O2S+. The van der Waals surface area contributed by atoms with Gasteiger partial charge in [-0.3, -0.25) is 9.59 Å². The van der Waals surface area contributed by atoms with E-state index < -0.39 is 0 Å². The van der Waals surface area contributed by atoms with Crippen LogP contribution in [0.15, 0.2) is 72.1 Å². The largest absolute Gasteiger partial charge is 0.355 e. The molecule has 3 aromatic rings. The van der Waals surface area contributed by atoms with Crippen molar-refractivity contribution in [2.75, 3.05) is 18.9 Å². The molecule has 0 aliphatic heterocycles. The predicted molar refractivity (Wildman–Crippen MR) is 108 cm³/mol. The fraction of sp³-hybridized carbons (Fsp3) is 0.143. The summed E-state index contributed by atoms with van der Waals surface area (Å²) < 4.78 is 0. The maximum atomic E-state index is 12.4. The summed E-state index contributed by atoms with van der Waals surface area (Å²) in [5.41, 5.74) is 2.29. The Labute approximate surface area is 162 Å². The maximum absolute atomic E-state index is 12.4. The van der Waals surface area contributed by atoms with Gasteiger partial charge in [-0.2, -0.15) is 0 Å². The van der Waals surface area contributed by atoms with Gasteiger partial charge in [0.25, 0.3) is 11.8 Å². The van der Waals surface area contributed by atoms with Crippen molar-refractivity contribution in [3.8, 4) is 0 Å². The van der Waals surface area contributed by atoms with Crippen LogP contribution in [-0.2, 0) is 4.79 Å². The molecule has 27 heavy (non-hydrogen) atoms. The van der Waals surface area contributed by atoms with Crippen molar-refractivity contribution < 1.29 is 14.9 Å². The number of benzene rings is 2. The Morgan fingerprint density at radius 2 is 1.85 bits per heavy atom. The SMILES string of the molecule is CNC(=O)c1cccc(NC(=O)C[NH2+][C@@H](c2ccccc2)c2cccs2)c1. The lowest BCUT2D eigenvalue weighted by Gasteiger charge is -2.15. The molecule has 2 amide bonds. The van der Waals surface area contributed by atoms with Crippen molar-refractivity contribution in [1.29, 1.82) is 0 Å². The van der Waals surface area contributed by atoms with Gasteiger partial charge < -0.3 is 16.0 Å². The van der Waals surface area contributed by atoms with Crippen LogP contribution in [0.2, 0.25) is 0 Å². The number of rotatable bonds is 7. The van der Waals surface area contributed by atoms with Crippen molar-refractivity contribution in [2.24, 2.45) is 0 Å². The lowest BCUT2D eigenvalue weighted by atomic mass is 10.1. The van der Waals surface area contributed by atoms with Gasteiger partial charge in [-0.25, -0.2) is 0 Å². The smallest absolute Gasteiger partial charge is 0.279 e. The van der Waals surface area contributed by atoms with Crippen LogP contribution in [0, 0.1) is 0 Å². The van der Waals surface area contributed by atoms with Crippen LogP contribution < -0.4 is 16.0 Å². The van der Waals surface area contributed by atoms with E-state index in [0.29, 0.717) is 11.3 Å². The molecule has 1 heterocycles. The van der Waals surface area contributed by atoms with E-state index in [1.807, 2.05) is 35.0 Å². The lowest BCUT2D eigenvalue weighted by molar-refractivity contribution is -0.675. The van der Waals surface area contributed by atoms with Crippen LogP contribution in [-0.4, -0.2) is 25.4 Å². The Bertz CT molecular complexity index is 895. The van der Waals surface area contributed by atoms with E-state index in [0.717, 1.165) is 5.56 Å². The van der Waals surface area contributed by atoms with Gasteiger partial charge in [-0.15, -0.1) is 11.3 Å². The highest BCUT2D eigenvalue weighted by molar-refractivity contribution is 7.10. The first-order valence-electron chi connectivity index (χ1n) is 8.71. The van der Waals surface area contributed by atoms with Crippen molar-refractivity contribution in [3.63, 3.8) is 0 Å². The molecule has 5 nitrogen and oxygen atoms in total. The molecule has 138 valence electrons. The molecule has 1 atom stereocenters. The summed E-state index contributed by atoms with van der Waals surface area (Å²) >= 11 is 1.68. The third-order valence-electron chi connectivity index (χ3n) is 4.18. The average molecular weight is 380 g/mol. The number of hydrogen-bond acceptors (Lipinski definition) is 3. The number of quaternary nitrogens is 1. The van der Waals surface area contributed by atoms with E-state index in [1.54, 1.807) is 42.6 Å². The summed E-state index contributed by atoms with van der Waals surface area (Å²) in [7, 11) is 1.58. The molecule has 4 N–H and O–H groups in total. The van der Waals surface area contributed by atoms with Crippen LogP contribution in [0.1, 0.15) is 26.8 Å². The highest BCUT2D eigenvalue weighted by Crippen LogP contribution is 2.22. The van der Waals surface area contributed by atoms with Crippen LogP contribution in [0.25, 0.3) is 0 Å². The topological polar surface area (TPSA) is 74.8 Å². The van der Waals surface area contributed by atoms with Crippen molar-refractivity contribution in [3.05, 3.63) is 88.1 Å². The van der Waals surface area contributed by atoms with Gasteiger partial charge in [-0.05, 0) is 29.6 Å². The molecule has 0 saturated heterocycles. The van der Waals surface area contributed by atoms with E-state index in [-0.39, 0.29) is 24.4 Å². The Kier molecular flexibility index (Phi) is 6.35. The summed E-state index contributed by atoms with van der Waals surface area (Å²) in [5, 5.41) is 9.52. The van der Waals surface area contributed by atoms with Gasteiger partial charge in [0.15, 0.2) is 6.54 Å². The highest BCUT2D eigenvalue weighted by atomic mass is 32.1. The number of amides is 2. The van der Waals surface area contributed by atoms with Gasteiger partial charge >= 0.3 is 0 Å². The fourth-order valence-electron chi connectivity index (χ4n) is 2.86. The molecule has 0 aliphatic carbocycles. The number of nitrogens with two attached hydrogens (primary N) is 1. The van der Waals surface area contributed by atoms with Crippen molar-refractivity contribution in [2.45, 2.75) is 6.04 Å². The van der Waals surface area contributed by atoms with E-state index in [1.165, 1.54) is 4.88 Å². The van der Waals surface area contributed by atoms with E-state index in [2.05, 4.69) is 28.8 Å².